The molecule has 0 aliphatic rings. The summed E-state index contributed by atoms with van der Waals surface area (Å²) in [6.45, 7) is 0. The molecule has 0 aliphatic carbocycles. The number of carbonyl (C=O) groups is 1. The van der Waals surface area contributed by atoms with Crippen LogP contribution in [0.15, 0.2) is 0 Å². The molecule has 0 radical (unpaired) electrons. The first-order valence-corrected chi connectivity index (χ1v) is 5.23. The maximum Gasteiger partial charge on any atom is 0.305 e. The molecule has 0 heterocycles. The van der Waals surface area contributed by atoms with Crippen LogP contribution in [0.3, 0.4) is 0 Å². The highest BCUT2D eigenvalue weighted by molar-refractivity contribution is 6.50. The third-order valence-electron chi connectivity index (χ3n) is 1.38. The molecule has 6 heteroatoms. The molecule has 0 rings (SSSR count). The van der Waals surface area contributed by atoms with Crippen molar-refractivity contribution in [3.05, 3.63) is 0 Å². The first kappa shape index (κ1) is 13.6. The molecule has 0 unspecified atom stereocenters. The molecule has 0 N–H and O–H groups in total. The molecule has 0 bridgehead atoms. The first-order chi connectivity index (χ1) is 5.87. The fourth-order valence-electron chi connectivity index (χ4n) is 0.715. The monoisotopic (exact) mass is 266 g/mol. The number of halogens is 4. The van der Waals surface area contributed by atoms with Gasteiger partial charge in [-0.15, -0.1) is 46.4 Å². The average Bonchev–Trinajstić information content (AvgIpc) is 1.98. The summed E-state index contributed by atoms with van der Waals surface area (Å²) in [6.07, 6.45) is 0.652. The Hall–Kier alpha value is 0.630. The van der Waals surface area contributed by atoms with Gasteiger partial charge in [-0.3, -0.25) is 4.79 Å². The molecule has 0 atom stereocenters. The minimum Gasteiger partial charge on any atom is -0.469 e. The van der Waals surface area contributed by atoms with Gasteiger partial charge in [0.1, 0.15) is 9.17 Å². The van der Waals surface area contributed by atoms with E-state index in [-0.39, 0.29) is 25.2 Å². The predicted molar refractivity (Wildman–Crippen MR) is 55.8 cm³/mol. The van der Waals surface area contributed by atoms with Crippen molar-refractivity contribution in [2.24, 2.45) is 0 Å². The van der Waals surface area contributed by atoms with E-state index in [1.165, 1.54) is 7.11 Å². The molecule has 0 spiro atoms. The van der Waals surface area contributed by atoms with E-state index in [4.69, 9.17) is 46.4 Å². The molecule has 0 amide bonds. The van der Waals surface area contributed by atoms with Crippen molar-refractivity contribution in [2.45, 2.75) is 28.4 Å². The number of methoxy groups -OCH3 is 1. The second-order valence-corrected chi connectivity index (χ2v) is 5.44. The summed E-state index contributed by atoms with van der Waals surface area (Å²) in [4.78, 5) is 10.1. The van der Waals surface area contributed by atoms with Crippen LogP contribution in [-0.2, 0) is 9.53 Å². The van der Waals surface area contributed by atoms with Gasteiger partial charge in [0.05, 0.1) is 7.11 Å². The summed E-state index contributed by atoms with van der Waals surface area (Å²) in [5.41, 5.74) is 0. The Morgan fingerprint density at radius 3 is 2.38 bits per heavy atom. The number of hydrogen-bond acceptors (Lipinski definition) is 2. The van der Waals surface area contributed by atoms with E-state index in [2.05, 4.69) is 4.74 Å². The van der Waals surface area contributed by atoms with Crippen LogP contribution in [0.1, 0.15) is 19.3 Å². The maximum absolute atomic E-state index is 10.7. The van der Waals surface area contributed by atoms with Gasteiger partial charge < -0.3 is 4.74 Å². The van der Waals surface area contributed by atoms with Gasteiger partial charge in [0.2, 0.25) is 0 Å². The van der Waals surface area contributed by atoms with Crippen molar-refractivity contribution in [1.82, 2.24) is 0 Å². The standard InChI is InChI=1S/C7H10Cl4O2/c1-13-6(12)2-3-7(10,11)4-5(8)9/h5H,2-4H2,1H3. The second kappa shape index (κ2) is 6.18. The van der Waals surface area contributed by atoms with Crippen LogP contribution in [0, 0.1) is 0 Å². The number of carbonyl (C=O) groups excluding carboxylic acids is 1. The number of hydrogen-bond donors (Lipinski definition) is 0. The normalized spacial score (nSPS) is 11.8. The molecule has 0 aromatic heterocycles. The highest BCUT2D eigenvalue weighted by atomic mass is 35.5. The molecular weight excluding hydrogens is 258 g/mol. The molecule has 13 heavy (non-hydrogen) atoms. The Kier molecular flexibility index (Phi) is 6.48. The molecule has 0 aromatic carbocycles. The van der Waals surface area contributed by atoms with E-state index in [0.717, 1.165) is 0 Å². The van der Waals surface area contributed by atoms with E-state index in [1.807, 2.05) is 0 Å². The largest absolute Gasteiger partial charge is 0.469 e. The van der Waals surface area contributed by atoms with E-state index in [0.29, 0.717) is 0 Å². The minimum atomic E-state index is -1.07. The zero-order valence-corrected chi connectivity index (χ0v) is 10.1. The van der Waals surface area contributed by atoms with Gasteiger partial charge in [-0.2, -0.15) is 0 Å². The van der Waals surface area contributed by atoms with Crippen molar-refractivity contribution in [1.29, 1.82) is 0 Å². The Labute approximate surface area is 97.4 Å². The summed E-state index contributed by atoms with van der Waals surface area (Å²) >= 11 is 22.6. The average molecular weight is 268 g/mol. The van der Waals surface area contributed by atoms with E-state index < -0.39 is 9.17 Å². The number of alkyl halides is 4. The minimum absolute atomic E-state index is 0.157. The Balaban J connectivity index is 3.81. The smallest absolute Gasteiger partial charge is 0.305 e. The molecule has 0 fully saturated rings. The lowest BCUT2D eigenvalue weighted by atomic mass is 10.2. The molecule has 78 valence electrons. The third kappa shape index (κ3) is 7.68. The van der Waals surface area contributed by atoms with Crippen molar-refractivity contribution < 1.29 is 9.53 Å². The number of esters is 1. The molecule has 0 aromatic rings. The number of rotatable bonds is 5. The Morgan fingerprint density at radius 2 is 2.00 bits per heavy atom. The van der Waals surface area contributed by atoms with Crippen LogP contribution < -0.4 is 0 Å². The summed E-state index contributed by atoms with van der Waals surface area (Å²) in [7, 11) is 1.30. The third-order valence-corrected chi connectivity index (χ3v) is 2.37. The van der Waals surface area contributed by atoms with Crippen LogP contribution in [0.5, 0.6) is 0 Å². The zero-order chi connectivity index (χ0) is 10.5. The van der Waals surface area contributed by atoms with E-state index in [1.54, 1.807) is 0 Å². The topological polar surface area (TPSA) is 26.3 Å². The van der Waals surface area contributed by atoms with Crippen molar-refractivity contribution in [2.75, 3.05) is 7.11 Å². The first-order valence-electron chi connectivity index (χ1n) is 3.60. The van der Waals surface area contributed by atoms with Crippen LogP contribution in [0.4, 0.5) is 0 Å². The van der Waals surface area contributed by atoms with Crippen LogP contribution in [-0.4, -0.2) is 22.2 Å². The van der Waals surface area contributed by atoms with Gasteiger partial charge in [-0.05, 0) is 6.42 Å². The van der Waals surface area contributed by atoms with Crippen LogP contribution in [0.25, 0.3) is 0 Å². The second-order valence-electron chi connectivity index (χ2n) is 2.53. The highest BCUT2D eigenvalue weighted by Gasteiger charge is 2.27. The molecule has 0 saturated heterocycles. The Bertz CT molecular complexity index is 170. The lowest BCUT2D eigenvalue weighted by molar-refractivity contribution is -0.140. The van der Waals surface area contributed by atoms with Crippen LogP contribution >= 0.6 is 46.4 Å². The molecule has 2 nitrogen and oxygen atoms in total. The lowest BCUT2D eigenvalue weighted by Gasteiger charge is -2.18. The summed E-state index contributed by atoms with van der Waals surface area (Å²) in [5, 5.41) is 0. The SMILES string of the molecule is COC(=O)CCC(Cl)(Cl)CC(Cl)Cl. The van der Waals surface area contributed by atoms with Gasteiger partial charge in [0, 0.05) is 12.8 Å². The summed E-state index contributed by atoms with van der Waals surface area (Å²) in [6, 6.07) is 0. The molecular formula is C7H10Cl4O2. The van der Waals surface area contributed by atoms with Crippen molar-refractivity contribution in [3.8, 4) is 0 Å². The Morgan fingerprint density at radius 1 is 1.46 bits per heavy atom. The quantitative estimate of drug-likeness (QED) is 0.564. The maximum atomic E-state index is 10.7. The van der Waals surface area contributed by atoms with Gasteiger partial charge >= 0.3 is 5.97 Å². The van der Waals surface area contributed by atoms with Gasteiger partial charge in [-0.25, -0.2) is 0 Å². The zero-order valence-electron chi connectivity index (χ0n) is 7.03. The summed E-state index contributed by atoms with van der Waals surface area (Å²) in [5.74, 6) is -0.355. The van der Waals surface area contributed by atoms with Crippen LogP contribution in [0.2, 0.25) is 0 Å². The molecule has 0 saturated carbocycles. The highest BCUT2D eigenvalue weighted by Crippen LogP contribution is 2.34. The van der Waals surface area contributed by atoms with Gasteiger partial charge in [0.25, 0.3) is 0 Å². The lowest BCUT2D eigenvalue weighted by Crippen LogP contribution is -2.18. The predicted octanol–water partition coefficient (Wildman–Crippen LogP) is 3.31. The van der Waals surface area contributed by atoms with Gasteiger partial charge in [-0.1, -0.05) is 0 Å². The van der Waals surface area contributed by atoms with E-state index >= 15 is 0 Å². The number of ether oxygens (including phenoxy) is 1. The molecule has 0 aliphatic heterocycles. The van der Waals surface area contributed by atoms with Gasteiger partial charge in [0.15, 0.2) is 0 Å². The van der Waals surface area contributed by atoms with E-state index in [9.17, 15) is 4.79 Å². The summed E-state index contributed by atoms with van der Waals surface area (Å²) < 4.78 is 3.36. The van der Waals surface area contributed by atoms with Crippen molar-refractivity contribution >= 4 is 52.4 Å². The fourth-order valence-corrected chi connectivity index (χ4v) is 2.06. The van der Waals surface area contributed by atoms with Crippen molar-refractivity contribution in [3.63, 3.8) is 0 Å². The fraction of sp³-hybridized carbons (Fsp3) is 0.857.